The van der Waals surface area contributed by atoms with E-state index in [-0.39, 0.29) is 0 Å². The first-order chi connectivity index (χ1) is 9.26. The van der Waals surface area contributed by atoms with Crippen molar-refractivity contribution in [1.29, 1.82) is 0 Å². The van der Waals surface area contributed by atoms with Crippen LogP contribution >= 0.6 is 0 Å². The van der Waals surface area contributed by atoms with Gasteiger partial charge in [0.1, 0.15) is 5.75 Å². The summed E-state index contributed by atoms with van der Waals surface area (Å²) < 4.78 is 5.38. The highest BCUT2D eigenvalue weighted by atomic mass is 16.5. The van der Waals surface area contributed by atoms with Crippen LogP contribution in [0.4, 0.5) is 0 Å². The molecule has 104 valence electrons. The molecule has 1 aliphatic heterocycles. The first-order valence-corrected chi connectivity index (χ1v) is 7.65. The van der Waals surface area contributed by atoms with E-state index in [1.807, 2.05) is 6.07 Å². The standard InChI is InChI=1S/C17H25NO/c1-3-17-9-7-16(14(12-17)8-10-18-17)13-5-4-6-15(11-13)19-2/h4-6,11,14,16,18H,3,7-10,12H2,1-2H3. The lowest BCUT2D eigenvalue weighted by Crippen LogP contribution is -2.54. The van der Waals surface area contributed by atoms with Crippen LogP contribution in [0.2, 0.25) is 0 Å². The first-order valence-electron chi connectivity index (χ1n) is 7.65. The summed E-state index contributed by atoms with van der Waals surface area (Å²) in [5, 5.41) is 3.78. The van der Waals surface area contributed by atoms with Crippen LogP contribution in [0.25, 0.3) is 0 Å². The van der Waals surface area contributed by atoms with E-state index < -0.39 is 0 Å². The van der Waals surface area contributed by atoms with Crippen LogP contribution in [-0.4, -0.2) is 19.2 Å². The fourth-order valence-electron chi connectivity index (χ4n) is 4.16. The second-order valence-electron chi connectivity index (χ2n) is 6.24. The summed E-state index contributed by atoms with van der Waals surface area (Å²) in [6.45, 7) is 3.53. The van der Waals surface area contributed by atoms with Crippen LogP contribution in [0.5, 0.6) is 5.75 Å². The van der Waals surface area contributed by atoms with E-state index in [0.717, 1.165) is 17.6 Å². The number of piperidine rings is 1. The van der Waals surface area contributed by atoms with E-state index in [1.54, 1.807) is 7.11 Å². The van der Waals surface area contributed by atoms with E-state index in [4.69, 9.17) is 4.74 Å². The third-order valence-electron chi connectivity index (χ3n) is 5.37. The minimum absolute atomic E-state index is 0.443. The molecule has 2 heteroatoms. The number of benzene rings is 1. The third kappa shape index (κ3) is 2.38. The molecular formula is C17H25NO. The molecule has 0 amide bonds. The van der Waals surface area contributed by atoms with Gasteiger partial charge in [0.15, 0.2) is 0 Å². The SMILES string of the molecule is CCC12CCC(c3cccc(OC)c3)C(CCN1)C2. The highest BCUT2D eigenvalue weighted by molar-refractivity contribution is 5.32. The Kier molecular flexibility index (Phi) is 3.53. The monoisotopic (exact) mass is 259 g/mol. The Morgan fingerprint density at radius 1 is 1.37 bits per heavy atom. The van der Waals surface area contributed by atoms with E-state index in [0.29, 0.717) is 5.54 Å². The number of hydrogen-bond donors (Lipinski definition) is 1. The third-order valence-corrected chi connectivity index (χ3v) is 5.37. The molecular weight excluding hydrogens is 234 g/mol. The van der Waals surface area contributed by atoms with Crippen molar-refractivity contribution in [2.75, 3.05) is 13.7 Å². The number of nitrogens with one attached hydrogen (secondary N) is 1. The molecule has 1 aromatic carbocycles. The lowest BCUT2D eigenvalue weighted by atomic mass is 9.64. The number of fused-ring (bicyclic) bond motifs is 2. The fraction of sp³-hybridized carbons (Fsp3) is 0.647. The Morgan fingerprint density at radius 3 is 3.05 bits per heavy atom. The molecule has 3 unspecified atom stereocenters. The number of methoxy groups -OCH3 is 1. The van der Waals surface area contributed by atoms with Gasteiger partial charge in [-0.3, -0.25) is 0 Å². The predicted octanol–water partition coefficient (Wildman–Crippen LogP) is 3.72. The highest BCUT2D eigenvalue weighted by Crippen LogP contribution is 2.47. The van der Waals surface area contributed by atoms with E-state index in [9.17, 15) is 0 Å². The van der Waals surface area contributed by atoms with Crippen LogP contribution in [-0.2, 0) is 0 Å². The minimum Gasteiger partial charge on any atom is -0.497 e. The molecule has 1 N–H and O–H groups in total. The second-order valence-corrected chi connectivity index (χ2v) is 6.24. The van der Waals surface area contributed by atoms with Crippen LogP contribution in [0, 0.1) is 5.92 Å². The van der Waals surface area contributed by atoms with Crippen molar-refractivity contribution in [2.45, 2.75) is 50.5 Å². The highest BCUT2D eigenvalue weighted by Gasteiger charge is 2.42. The molecule has 2 fully saturated rings. The molecule has 2 nitrogen and oxygen atoms in total. The molecule has 19 heavy (non-hydrogen) atoms. The summed E-state index contributed by atoms with van der Waals surface area (Å²) in [6, 6.07) is 8.71. The molecule has 1 saturated heterocycles. The summed E-state index contributed by atoms with van der Waals surface area (Å²) in [5.41, 5.74) is 1.93. The van der Waals surface area contributed by atoms with Crippen LogP contribution in [0.3, 0.4) is 0 Å². The maximum Gasteiger partial charge on any atom is 0.119 e. The molecule has 1 aromatic rings. The Morgan fingerprint density at radius 2 is 2.26 bits per heavy atom. The Bertz CT molecular complexity index is 445. The number of rotatable bonds is 3. The number of ether oxygens (including phenoxy) is 1. The normalized spacial score (nSPS) is 34.0. The van der Waals surface area contributed by atoms with Crippen molar-refractivity contribution in [2.24, 2.45) is 5.92 Å². The molecule has 0 aromatic heterocycles. The zero-order chi connectivity index (χ0) is 13.3. The molecule has 3 rings (SSSR count). The summed E-state index contributed by atoms with van der Waals surface area (Å²) >= 11 is 0. The average Bonchev–Trinajstić information content (AvgIpc) is 2.48. The summed E-state index contributed by atoms with van der Waals surface area (Å²) in [7, 11) is 1.76. The van der Waals surface area contributed by atoms with Crippen molar-refractivity contribution in [3.05, 3.63) is 29.8 Å². The largest absolute Gasteiger partial charge is 0.497 e. The van der Waals surface area contributed by atoms with Gasteiger partial charge in [-0.05, 0) is 68.2 Å². The predicted molar refractivity (Wildman–Crippen MR) is 78.7 cm³/mol. The van der Waals surface area contributed by atoms with Crippen LogP contribution in [0.1, 0.15) is 50.5 Å². The maximum absolute atomic E-state index is 5.38. The van der Waals surface area contributed by atoms with Gasteiger partial charge >= 0.3 is 0 Å². The minimum atomic E-state index is 0.443. The van der Waals surface area contributed by atoms with Gasteiger partial charge in [0, 0.05) is 5.54 Å². The summed E-state index contributed by atoms with van der Waals surface area (Å²) in [4.78, 5) is 0. The van der Waals surface area contributed by atoms with E-state index >= 15 is 0 Å². The van der Waals surface area contributed by atoms with Crippen molar-refractivity contribution >= 4 is 0 Å². The summed E-state index contributed by atoms with van der Waals surface area (Å²) in [5.74, 6) is 2.58. The Balaban J connectivity index is 1.82. The molecule has 0 radical (unpaired) electrons. The zero-order valence-electron chi connectivity index (χ0n) is 12.1. The second kappa shape index (κ2) is 5.16. The molecule has 2 bridgehead atoms. The zero-order valence-corrected chi connectivity index (χ0v) is 12.1. The topological polar surface area (TPSA) is 21.3 Å². The molecule has 1 aliphatic carbocycles. The Labute approximate surface area is 116 Å². The molecule has 0 spiro atoms. The van der Waals surface area contributed by atoms with Gasteiger partial charge in [0.2, 0.25) is 0 Å². The lowest BCUT2D eigenvalue weighted by Gasteiger charge is -2.49. The van der Waals surface area contributed by atoms with E-state index in [2.05, 4.69) is 30.4 Å². The lowest BCUT2D eigenvalue weighted by molar-refractivity contribution is 0.106. The molecule has 3 atom stereocenters. The van der Waals surface area contributed by atoms with Crippen molar-refractivity contribution in [3.63, 3.8) is 0 Å². The van der Waals surface area contributed by atoms with Gasteiger partial charge in [-0.1, -0.05) is 19.1 Å². The van der Waals surface area contributed by atoms with Gasteiger partial charge in [-0.2, -0.15) is 0 Å². The molecule has 1 heterocycles. The van der Waals surface area contributed by atoms with Gasteiger partial charge < -0.3 is 10.1 Å². The fourth-order valence-corrected chi connectivity index (χ4v) is 4.16. The van der Waals surface area contributed by atoms with Crippen molar-refractivity contribution in [3.8, 4) is 5.75 Å². The summed E-state index contributed by atoms with van der Waals surface area (Å²) in [6.07, 6.45) is 6.59. The molecule has 2 aliphatic rings. The number of hydrogen-bond acceptors (Lipinski definition) is 2. The van der Waals surface area contributed by atoms with Gasteiger partial charge in [0.25, 0.3) is 0 Å². The van der Waals surface area contributed by atoms with Crippen LogP contribution in [0.15, 0.2) is 24.3 Å². The van der Waals surface area contributed by atoms with Gasteiger partial charge in [-0.15, -0.1) is 0 Å². The quantitative estimate of drug-likeness (QED) is 0.893. The van der Waals surface area contributed by atoms with Crippen LogP contribution < -0.4 is 10.1 Å². The Hall–Kier alpha value is -1.02. The van der Waals surface area contributed by atoms with Crippen molar-refractivity contribution in [1.82, 2.24) is 5.32 Å². The first kappa shape index (κ1) is 13.0. The maximum atomic E-state index is 5.38. The average molecular weight is 259 g/mol. The molecule has 1 saturated carbocycles. The smallest absolute Gasteiger partial charge is 0.119 e. The van der Waals surface area contributed by atoms with E-state index in [1.165, 1.54) is 44.2 Å². The van der Waals surface area contributed by atoms with Gasteiger partial charge in [-0.25, -0.2) is 0 Å². The van der Waals surface area contributed by atoms with Gasteiger partial charge in [0.05, 0.1) is 7.11 Å². The van der Waals surface area contributed by atoms with Crippen molar-refractivity contribution < 1.29 is 4.74 Å².